The Morgan fingerprint density at radius 2 is 1.68 bits per heavy atom. The van der Waals surface area contributed by atoms with Gasteiger partial charge in [0.1, 0.15) is 6.54 Å². The SMILES string of the molecule is CCCNC(=O)CN1C(=O)C(=O)N(Cc2ccccc2)C1=O. The summed E-state index contributed by atoms with van der Waals surface area (Å²) in [7, 11) is 0. The molecule has 0 atom stereocenters. The molecule has 7 nitrogen and oxygen atoms in total. The molecule has 22 heavy (non-hydrogen) atoms. The standard InChI is InChI=1S/C15H17N3O4/c1-2-8-16-12(19)10-18-14(21)13(20)17(15(18)22)9-11-6-4-3-5-7-11/h3-7H,2,8-10H2,1H3,(H,16,19). The Labute approximate surface area is 127 Å². The van der Waals surface area contributed by atoms with Gasteiger partial charge >= 0.3 is 17.8 Å². The Bertz CT molecular complexity index is 600. The molecule has 1 fully saturated rings. The van der Waals surface area contributed by atoms with Crippen LogP contribution in [0.5, 0.6) is 0 Å². The van der Waals surface area contributed by atoms with Crippen molar-refractivity contribution < 1.29 is 19.2 Å². The Balaban J connectivity index is 2.06. The zero-order valence-corrected chi connectivity index (χ0v) is 12.2. The zero-order chi connectivity index (χ0) is 16.1. The molecule has 1 aromatic carbocycles. The molecule has 1 aliphatic rings. The Hall–Kier alpha value is -2.70. The van der Waals surface area contributed by atoms with Crippen molar-refractivity contribution in [1.29, 1.82) is 0 Å². The molecule has 0 saturated carbocycles. The number of urea groups is 1. The summed E-state index contributed by atoms with van der Waals surface area (Å²) in [5.41, 5.74) is 0.731. The molecule has 5 amide bonds. The number of carbonyl (C=O) groups excluding carboxylic acids is 4. The van der Waals surface area contributed by atoms with Gasteiger partial charge in [-0.25, -0.2) is 9.69 Å². The average Bonchev–Trinajstić information content (AvgIpc) is 2.72. The summed E-state index contributed by atoms with van der Waals surface area (Å²) < 4.78 is 0. The lowest BCUT2D eigenvalue weighted by atomic mass is 10.2. The minimum absolute atomic E-state index is 0.0112. The van der Waals surface area contributed by atoms with E-state index in [1.54, 1.807) is 24.3 Å². The number of nitrogens with one attached hydrogen (secondary N) is 1. The summed E-state index contributed by atoms with van der Waals surface area (Å²) in [4.78, 5) is 49.1. The van der Waals surface area contributed by atoms with E-state index in [0.717, 1.165) is 16.9 Å². The molecule has 1 saturated heterocycles. The number of carbonyl (C=O) groups is 4. The first-order chi connectivity index (χ1) is 10.5. The number of imide groups is 2. The maximum Gasteiger partial charge on any atom is 0.335 e. The lowest BCUT2D eigenvalue weighted by molar-refractivity contribution is -0.144. The van der Waals surface area contributed by atoms with Crippen LogP contribution in [0, 0.1) is 0 Å². The maximum atomic E-state index is 12.2. The highest BCUT2D eigenvalue weighted by Gasteiger charge is 2.44. The molecule has 7 heteroatoms. The molecule has 0 bridgehead atoms. The van der Waals surface area contributed by atoms with Gasteiger partial charge in [0.15, 0.2) is 0 Å². The number of hydrogen-bond donors (Lipinski definition) is 1. The van der Waals surface area contributed by atoms with Crippen LogP contribution in [-0.2, 0) is 20.9 Å². The molecular weight excluding hydrogens is 286 g/mol. The number of benzene rings is 1. The van der Waals surface area contributed by atoms with Gasteiger partial charge in [-0.2, -0.15) is 0 Å². The topological polar surface area (TPSA) is 86.8 Å². The largest absolute Gasteiger partial charge is 0.355 e. The van der Waals surface area contributed by atoms with Crippen molar-refractivity contribution in [3.8, 4) is 0 Å². The van der Waals surface area contributed by atoms with Crippen LogP contribution in [0.25, 0.3) is 0 Å². The molecule has 0 radical (unpaired) electrons. The second-order valence-corrected chi connectivity index (χ2v) is 4.90. The third-order valence-corrected chi connectivity index (χ3v) is 3.19. The summed E-state index contributed by atoms with van der Waals surface area (Å²) in [5.74, 6) is -2.33. The number of hydrogen-bond acceptors (Lipinski definition) is 4. The molecule has 0 spiro atoms. The van der Waals surface area contributed by atoms with E-state index in [1.807, 2.05) is 13.0 Å². The number of nitrogens with zero attached hydrogens (tertiary/aromatic N) is 2. The second-order valence-electron chi connectivity index (χ2n) is 4.90. The van der Waals surface area contributed by atoms with Gasteiger partial charge in [0, 0.05) is 6.54 Å². The van der Waals surface area contributed by atoms with Crippen LogP contribution in [0.1, 0.15) is 18.9 Å². The Morgan fingerprint density at radius 1 is 1.05 bits per heavy atom. The van der Waals surface area contributed by atoms with Crippen molar-refractivity contribution >= 4 is 23.8 Å². The van der Waals surface area contributed by atoms with Gasteiger partial charge in [-0.05, 0) is 12.0 Å². The third-order valence-electron chi connectivity index (χ3n) is 3.19. The molecule has 1 aromatic rings. The second kappa shape index (κ2) is 6.84. The van der Waals surface area contributed by atoms with Crippen LogP contribution >= 0.6 is 0 Å². The minimum Gasteiger partial charge on any atom is -0.355 e. The predicted octanol–water partition coefficient (Wildman–Crippen LogP) is 0.504. The van der Waals surface area contributed by atoms with Gasteiger partial charge in [-0.3, -0.25) is 19.3 Å². The molecule has 1 N–H and O–H groups in total. The van der Waals surface area contributed by atoms with E-state index in [-0.39, 0.29) is 6.54 Å². The van der Waals surface area contributed by atoms with E-state index in [0.29, 0.717) is 11.4 Å². The van der Waals surface area contributed by atoms with Crippen molar-refractivity contribution in [1.82, 2.24) is 15.1 Å². The minimum atomic E-state index is -0.965. The molecule has 0 aliphatic carbocycles. The van der Waals surface area contributed by atoms with E-state index in [4.69, 9.17) is 0 Å². The fourth-order valence-electron chi connectivity index (χ4n) is 2.06. The quantitative estimate of drug-likeness (QED) is 0.612. The lowest BCUT2D eigenvalue weighted by Crippen LogP contribution is -2.41. The van der Waals surface area contributed by atoms with Crippen LogP contribution in [0.3, 0.4) is 0 Å². The summed E-state index contributed by atoms with van der Waals surface area (Å²) in [6, 6.07) is 8.11. The fourth-order valence-corrected chi connectivity index (χ4v) is 2.06. The monoisotopic (exact) mass is 303 g/mol. The maximum absolute atomic E-state index is 12.2. The smallest absolute Gasteiger partial charge is 0.335 e. The molecule has 0 unspecified atom stereocenters. The first-order valence-electron chi connectivity index (χ1n) is 7.02. The van der Waals surface area contributed by atoms with Gasteiger partial charge in [0.2, 0.25) is 5.91 Å². The predicted molar refractivity (Wildman–Crippen MR) is 77.4 cm³/mol. The van der Waals surface area contributed by atoms with Gasteiger partial charge in [-0.15, -0.1) is 0 Å². The van der Waals surface area contributed by atoms with Crippen molar-refractivity contribution in [2.45, 2.75) is 19.9 Å². The van der Waals surface area contributed by atoms with Crippen LogP contribution < -0.4 is 5.32 Å². The number of rotatable bonds is 6. The number of amides is 5. The fraction of sp³-hybridized carbons (Fsp3) is 0.333. The van der Waals surface area contributed by atoms with Crippen molar-refractivity contribution in [2.75, 3.05) is 13.1 Å². The zero-order valence-electron chi connectivity index (χ0n) is 12.2. The molecule has 1 aliphatic heterocycles. The lowest BCUT2D eigenvalue weighted by Gasteiger charge is -2.15. The van der Waals surface area contributed by atoms with Gasteiger partial charge in [0.25, 0.3) is 0 Å². The third kappa shape index (κ3) is 3.30. The average molecular weight is 303 g/mol. The summed E-state index contributed by atoms with van der Waals surface area (Å²) >= 11 is 0. The molecule has 0 aromatic heterocycles. The van der Waals surface area contributed by atoms with Gasteiger partial charge in [-0.1, -0.05) is 37.3 Å². The van der Waals surface area contributed by atoms with E-state index in [2.05, 4.69) is 5.32 Å². The Kier molecular flexibility index (Phi) is 4.88. The Morgan fingerprint density at radius 3 is 2.32 bits per heavy atom. The van der Waals surface area contributed by atoms with Crippen molar-refractivity contribution in [3.63, 3.8) is 0 Å². The summed E-state index contributed by atoms with van der Waals surface area (Å²) in [6.07, 6.45) is 0.743. The highest BCUT2D eigenvalue weighted by Crippen LogP contribution is 2.15. The first kappa shape index (κ1) is 15.7. The summed E-state index contributed by atoms with van der Waals surface area (Å²) in [5, 5.41) is 2.56. The van der Waals surface area contributed by atoms with E-state index in [9.17, 15) is 19.2 Å². The first-order valence-corrected chi connectivity index (χ1v) is 7.02. The van der Waals surface area contributed by atoms with Crippen molar-refractivity contribution in [3.05, 3.63) is 35.9 Å². The molecular formula is C15H17N3O4. The van der Waals surface area contributed by atoms with E-state index >= 15 is 0 Å². The van der Waals surface area contributed by atoms with Crippen LogP contribution in [0.2, 0.25) is 0 Å². The molecule has 1 heterocycles. The molecule has 2 rings (SSSR count). The van der Waals surface area contributed by atoms with E-state index < -0.39 is 30.3 Å². The highest BCUT2D eigenvalue weighted by atomic mass is 16.2. The normalized spacial score (nSPS) is 14.7. The van der Waals surface area contributed by atoms with Crippen LogP contribution in [-0.4, -0.2) is 46.6 Å². The highest BCUT2D eigenvalue weighted by molar-refractivity contribution is 6.44. The summed E-state index contributed by atoms with van der Waals surface area (Å²) in [6.45, 7) is 1.92. The van der Waals surface area contributed by atoms with Crippen molar-refractivity contribution in [2.24, 2.45) is 0 Å². The van der Waals surface area contributed by atoms with Crippen LogP contribution in [0.15, 0.2) is 30.3 Å². The van der Waals surface area contributed by atoms with Gasteiger partial charge < -0.3 is 5.32 Å². The van der Waals surface area contributed by atoms with Crippen LogP contribution in [0.4, 0.5) is 4.79 Å². The van der Waals surface area contributed by atoms with E-state index in [1.165, 1.54) is 0 Å². The molecule has 116 valence electrons. The van der Waals surface area contributed by atoms with Gasteiger partial charge in [0.05, 0.1) is 6.54 Å².